The molecule has 0 saturated carbocycles. The van der Waals surface area contributed by atoms with Gasteiger partial charge in [-0.05, 0) is 73.5 Å². The second-order valence-corrected chi connectivity index (χ2v) is 12.2. The molecule has 5 rings (SSSR count). The number of amides is 1. The number of hydrogen-bond donors (Lipinski definition) is 0. The van der Waals surface area contributed by atoms with Crippen molar-refractivity contribution in [2.24, 2.45) is 5.10 Å². The molecule has 0 bridgehead atoms. The van der Waals surface area contributed by atoms with E-state index in [2.05, 4.69) is 22.2 Å². The van der Waals surface area contributed by atoms with Crippen LogP contribution in [0, 0.1) is 29.6 Å². The Hall–Kier alpha value is -3.88. The molecule has 4 aromatic rings. The number of aromatic nitrogens is 1. The van der Waals surface area contributed by atoms with Gasteiger partial charge in [0.15, 0.2) is 0 Å². The first-order chi connectivity index (χ1) is 20.6. The number of hydrazone groups is 1. The average molecular weight is 633 g/mol. The molecule has 2 heterocycles. The average Bonchev–Trinajstić information content (AvgIpc) is 3.53. The predicted molar refractivity (Wildman–Crippen MR) is 165 cm³/mol. The first-order valence-electron chi connectivity index (χ1n) is 13.3. The van der Waals surface area contributed by atoms with Crippen LogP contribution in [0.25, 0.3) is 26.9 Å². The minimum Gasteiger partial charge on any atom is -0.744 e. The molecule has 1 aliphatic rings. The summed E-state index contributed by atoms with van der Waals surface area (Å²) in [5.41, 5.74) is 4.79. The Balaban J connectivity index is 0.00000442. The minimum atomic E-state index is -4.67. The Morgan fingerprint density at radius 2 is 1.61 bits per heavy atom. The van der Waals surface area contributed by atoms with E-state index in [-0.39, 0.29) is 40.4 Å². The number of aryl methyl sites for hydroxylation is 1. The molecule has 13 heteroatoms. The molecule has 0 N–H and O–H groups in total. The number of carbonyl (C=O) groups is 1. The molecule has 44 heavy (non-hydrogen) atoms. The molecule has 1 amide bonds. The van der Waals surface area contributed by atoms with Crippen molar-refractivity contribution in [2.75, 3.05) is 23.0 Å². The maximum absolute atomic E-state index is 13.3. The fourth-order valence-corrected chi connectivity index (χ4v) is 7.08. The van der Waals surface area contributed by atoms with Crippen molar-refractivity contribution in [1.29, 1.82) is 10.5 Å². The summed E-state index contributed by atoms with van der Waals surface area (Å²) in [5.74, 6) is -0.278. The van der Waals surface area contributed by atoms with Crippen molar-refractivity contribution >= 4 is 60.7 Å². The van der Waals surface area contributed by atoms with Crippen LogP contribution in [0.15, 0.2) is 76.2 Å². The van der Waals surface area contributed by atoms with Gasteiger partial charge in [-0.3, -0.25) is 4.79 Å². The van der Waals surface area contributed by atoms with Gasteiger partial charge in [0.25, 0.3) is 5.91 Å². The Labute approximate surface area is 281 Å². The molecule has 0 atom stereocenters. The SMILES string of the molecule is CC1=NN(c2ccc(-c3nc4ccc(C)c(S(=O)(=O)[O-])c4s3)cc2)C(=O)/C1=C/c1ccc(N(CCC#N)CCC#N)cc1.[Na+]. The van der Waals surface area contributed by atoms with E-state index >= 15 is 0 Å². The number of benzene rings is 3. The van der Waals surface area contributed by atoms with Crippen molar-refractivity contribution in [3.8, 4) is 22.7 Å². The molecule has 1 aromatic heterocycles. The fourth-order valence-electron chi connectivity index (χ4n) is 4.79. The molecule has 0 aliphatic carbocycles. The topological polar surface area (TPSA) is 154 Å². The van der Waals surface area contributed by atoms with E-state index in [0.717, 1.165) is 22.6 Å². The molecule has 3 aromatic carbocycles. The molecule has 1 aliphatic heterocycles. The molecular formula is C31H25N6NaO4S2. The number of anilines is 2. The zero-order valence-corrected chi connectivity index (χ0v) is 27.9. The number of carbonyl (C=O) groups excluding carboxylic acids is 1. The molecule has 0 fully saturated rings. The molecule has 10 nitrogen and oxygen atoms in total. The fraction of sp³-hybridized carbons (Fsp3) is 0.194. The maximum Gasteiger partial charge on any atom is 1.00 e. The van der Waals surface area contributed by atoms with Crippen LogP contribution in [0.2, 0.25) is 0 Å². The minimum absolute atomic E-state index is 0. The zero-order chi connectivity index (χ0) is 30.7. The van der Waals surface area contributed by atoms with E-state index in [1.54, 1.807) is 56.3 Å². The third-order valence-corrected chi connectivity index (χ3v) is 9.23. The summed E-state index contributed by atoms with van der Waals surface area (Å²) in [6, 6.07) is 22.1. The number of thiazole rings is 1. The Bertz CT molecular complexity index is 1950. The van der Waals surface area contributed by atoms with Gasteiger partial charge in [-0.1, -0.05) is 18.2 Å². The van der Waals surface area contributed by atoms with Crippen LogP contribution in [0.3, 0.4) is 0 Å². The number of nitriles is 2. The van der Waals surface area contributed by atoms with Gasteiger partial charge in [-0.15, -0.1) is 11.3 Å². The number of hydrogen-bond acceptors (Lipinski definition) is 10. The van der Waals surface area contributed by atoms with Gasteiger partial charge >= 0.3 is 29.6 Å². The van der Waals surface area contributed by atoms with Crippen molar-refractivity contribution in [1.82, 2.24) is 4.98 Å². The van der Waals surface area contributed by atoms with E-state index < -0.39 is 10.1 Å². The van der Waals surface area contributed by atoms with Crippen LogP contribution in [-0.4, -0.2) is 42.7 Å². The van der Waals surface area contributed by atoms with Gasteiger partial charge in [0.2, 0.25) is 0 Å². The van der Waals surface area contributed by atoms with Crippen LogP contribution < -0.4 is 39.5 Å². The summed E-state index contributed by atoms with van der Waals surface area (Å²) in [4.78, 5) is 19.6. The second kappa shape index (κ2) is 13.8. The van der Waals surface area contributed by atoms with Gasteiger partial charge < -0.3 is 9.45 Å². The van der Waals surface area contributed by atoms with Crippen molar-refractivity contribution in [3.05, 3.63) is 77.4 Å². The maximum atomic E-state index is 13.3. The van der Waals surface area contributed by atoms with E-state index in [0.29, 0.717) is 69.3 Å². The molecule has 0 unspecified atom stereocenters. The first kappa shape index (κ1) is 33.0. The van der Waals surface area contributed by atoms with Gasteiger partial charge in [-0.2, -0.15) is 20.6 Å². The molecule has 0 spiro atoms. The first-order valence-corrected chi connectivity index (χ1v) is 15.5. The second-order valence-electron chi connectivity index (χ2n) is 9.84. The Kier molecular flexibility index (Phi) is 10.4. The van der Waals surface area contributed by atoms with Crippen LogP contribution in [0.1, 0.15) is 30.9 Å². The van der Waals surface area contributed by atoms with Crippen LogP contribution in [0.5, 0.6) is 0 Å². The van der Waals surface area contributed by atoms with E-state index in [1.165, 1.54) is 5.01 Å². The van der Waals surface area contributed by atoms with E-state index in [1.807, 2.05) is 29.2 Å². The quantitative estimate of drug-likeness (QED) is 0.155. The third kappa shape index (κ3) is 6.92. The number of nitrogens with zero attached hydrogens (tertiary/aromatic N) is 6. The normalized spacial score (nSPS) is 13.8. The van der Waals surface area contributed by atoms with Crippen LogP contribution in [0.4, 0.5) is 11.4 Å². The molecule has 0 radical (unpaired) electrons. The van der Waals surface area contributed by atoms with E-state index in [9.17, 15) is 17.8 Å². The number of fused-ring (bicyclic) bond motifs is 1. The van der Waals surface area contributed by atoms with Crippen molar-refractivity contribution in [2.45, 2.75) is 31.6 Å². The van der Waals surface area contributed by atoms with Gasteiger partial charge in [0.05, 0.1) is 57.1 Å². The largest absolute Gasteiger partial charge is 1.00 e. The van der Waals surface area contributed by atoms with Crippen LogP contribution >= 0.6 is 11.3 Å². The summed E-state index contributed by atoms with van der Waals surface area (Å²) in [7, 11) is -4.67. The van der Waals surface area contributed by atoms with Gasteiger partial charge in [0, 0.05) is 24.3 Å². The zero-order valence-electron chi connectivity index (χ0n) is 24.3. The smallest absolute Gasteiger partial charge is 0.744 e. The standard InChI is InChI=1S/C31H26N6O4S2.Na/c1-20-5-14-27-28(29(20)43(39,40)41)42-30(34-27)23-8-12-25(13-9-23)37-31(38)26(21(2)35-37)19-22-6-10-24(11-7-22)36(17-3-15-32)18-4-16-33;/h5-14,19H,3-4,17-18H2,1-2H3,(H,39,40,41);/q;+1/p-1/b26-19+;. The van der Waals surface area contributed by atoms with Crippen molar-refractivity contribution < 1.29 is 47.3 Å². The summed E-state index contributed by atoms with van der Waals surface area (Å²) in [6.45, 7) is 4.40. The summed E-state index contributed by atoms with van der Waals surface area (Å²) in [6.07, 6.45) is 2.48. The van der Waals surface area contributed by atoms with Crippen molar-refractivity contribution in [3.63, 3.8) is 0 Å². The Morgan fingerprint density at radius 1 is 0.977 bits per heavy atom. The number of rotatable bonds is 9. The van der Waals surface area contributed by atoms with Gasteiger partial charge in [0.1, 0.15) is 15.1 Å². The van der Waals surface area contributed by atoms with Gasteiger partial charge in [-0.25, -0.2) is 13.4 Å². The molecule has 0 saturated heterocycles. The third-order valence-electron chi connectivity index (χ3n) is 6.94. The summed E-state index contributed by atoms with van der Waals surface area (Å²) in [5, 5.41) is 24.2. The van der Waals surface area contributed by atoms with E-state index in [4.69, 9.17) is 10.5 Å². The molecular weight excluding hydrogens is 608 g/mol. The summed E-state index contributed by atoms with van der Waals surface area (Å²) < 4.78 is 35.9. The predicted octanol–water partition coefficient (Wildman–Crippen LogP) is 2.62. The van der Waals surface area contributed by atoms with Crippen LogP contribution in [-0.2, 0) is 14.9 Å². The molecule has 216 valence electrons. The monoisotopic (exact) mass is 632 g/mol. The Morgan fingerprint density at radius 3 is 2.20 bits per heavy atom. The summed E-state index contributed by atoms with van der Waals surface area (Å²) >= 11 is 1.13.